The van der Waals surface area contributed by atoms with Crippen LogP contribution < -0.4 is 5.56 Å². The fourth-order valence-corrected chi connectivity index (χ4v) is 1.47. The second kappa shape index (κ2) is 4.79. The van der Waals surface area contributed by atoms with E-state index in [0.29, 0.717) is 11.3 Å². The lowest BCUT2D eigenvalue weighted by molar-refractivity contribution is 0.0600. The second-order valence-electron chi connectivity index (χ2n) is 3.52. The number of halogens is 1. The van der Waals surface area contributed by atoms with Crippen molar-refractivity contribution in [2.24, 2.45) is 0 Å². The number of hydrogen-bond acceptors (Lipinski definition) is 4. The zero-order chi connectivity index (χ0) is 13.1. The first-order valence-corrected chi connectivity index (χ1v) is 5.04. The molecule has 0 amide bonds. The van der Waals surface area contributed by atoms with Crippen LogP contribution in [-0.4, -0.2) is 23.0 Å². The molecule has 1 aromatic heterocycles. The van der Waals surface area contributed by atoms with Crippen LogP contribution in [0.5, 0.6) is 0 Å². The van der Waals surface area contributed by atoms with Crippen LogP contribution in [0.15, 0.2) is 35.4 Å². The molecule has 2 aromatic rings. The smallest absolute Gasteiger partial charge is 0.337 e. The van der Waals surface area contributed by atoms with Crippen molar-refractivity contribution in [2.75, 3.05) is 7.11 Å². The number of hydrogen-bond donors (Lipinski definition) is 1. The Morgan fingerprint density at radius 1 is 1.39 bits per heavy atom. The summed E-state index contributed by atoms with van der Waals surface area (Å²) in [6.07, 6.45) is 2.43. The molecule has 0 saturated heterocycles. The maximum absolute atomic E-state index is 13.4. The van der Waals surface area contributed by atoms with Gasteiger partial charge in [0.25, 0.3) is 5.56 Å². The lowest BCUT2D eigenvalue weighted by Crippen LogP contribution is -2.05. The van der Waals surface area contributed by atoms with Gasteiger partial charge in [-0.25, -0.2) is 14.2 Å². The lowest BCUT2D eigenvalue weighted by atomic mass is 10.1. The molecular formula is C12H9FN2O3. The maximum Gasteiger partial charge on any atom is 0.337 e. The Hall–Kier alpha value is -2.50. The van der Waals surface area contributed by atoms with Crippen molar-refractivity contribution in [3.63, 3.8) is 0 Å². The SMILES string of the molecule is COC(=O)c1cc(F)cc(-c2c[nH]c(=O)cn2)c1. The molecule has 1 heterocycles. The van der Waals surface area contributed by atoms with Gasteiger partial charge in [0.2, 0.25) is 0 Å². The molecule has 0 radical (unpaired) electrons. The van der Waals surface area contributed by atoms with Crippen LogP contribution in [0, 0.1) is 5.82 Å². The lowest BCUT2D eigenvalue weighted by Gasteiger charge is -2.04. The van der Waals surface area contributed by atoms with E-state index in [1.165, 1.54) is 25.4 Å². The number of esters is 1. The third-order valence-electron chi connectivity index (χ3n) is 2.29. The minimum atomic E-state index is -0.639. The van der Waals surface area contributed by atoms with Crippen molar-refractivity contribution in [1.29, 1.82) is 0 Å². The van der Waals surface area contributed by atoms with Gasteiger partial charge in [-0.15, -0.1) is 0 Å². The third-order valence-corrected chi connectivity index (χ3v) is 2.29. The van der Waals surface area contributed by atoms with Gasteiger partial charge >= 0.3 is 5.97 Å². The number of ether oxygens (including phenoxy) is 1. The number of nitrogens with one attached hydrogen (secondary N) is 1. The van der Waals surface area contributed by atoms with Crippen molar-refractivity contribution in [1.82, 2.24) is 9.97 Å². The summed E-state index contributed by atoms with van der Waals surface area (Å²) >= 11 is 0. The highest BCUT2D eigenvalue weighted by atomic mass is 19.1. The molecule has 0 bridgehead atoms. The van der Waals surface area contributed by atoms with E-state index in [0.717, 1.165) is 12.3 Å². The van der Waals surface area contributed by atoms with Crippen LogP contribution in [0.25, 0.3) is 11.3 Å². The van der Waals surface area contributed by atoms with Crippen LogP contribution in [-0.2, 0) is 4.74 Å². The van der Waals surface area contributed by atoms with Gasteiger partial charge in [-0.3, -0.25) is 4.79 Å². The van der Waals surface area contributed by atoms with E-state index in [-0.39, 0.29) is 11.1 Å². The highest BCUT2D eigenvalue weighted by Gasteiger charge is 2.10. The van der Waals surface area contributed by atoms with Gasteiger partial charge in [-0.2, -0.15) is 0 Å². The zero-order valence-electron chi connectivity index (χ0n) is 9.44. The average Bonchev–Trinajstić information content (AvgIpc) is 2.38. The van der Waals surface area contributed by atoms with E-state index < -0.39 is 11.8 Å². The van der Waals surface area contributed by atoms with Gasteiger partial charge in [0.05, 0.1) is 24.6 Å². The monoisotopic (exact) mass is 248 g/mol. The van der Waals surface area contributed by atoms with Crippen LogP contribution >= 0.6 is 0 Å². The van der Waals surface area contributed by atoms with Crippen molar-refractivity contribution in [2.45, 2.75) is 0 Å². The van der Waals surface area contributed by atoms with Crippen LogP contribution in [0.2, 0.25) is 0 Å². The molecule has 1 N–H and O–H groups in total. The van der Waals surface area contributed by atoms with Crippen molar-refractivity contribution in [3.8, 4) is 11.3 Å². The Kier molecular flexibility index (Phi) is 3.18. The van der Waals surface area contributed by atoms with E-state index >= 15 is 0 Å². The first-order valence-electron chi connectivity index (χ1n) is 5.04. The molecule has 6 heteroatoms. The number of carbonyl (C=O) groups is 1. The quantitative estimate of drug-likeness (QED) is 0.814. The number of aromatic amines is 1. The molecule has 5 nitrogen and oxygen atoms in total. The molecule has 0 aliphatic carbocycles. The predicted octanol–water partition coefficient (Wildman–Crippen LogP) is 1.36. The number of H-pyrrole nitrogens is 1. The normalized spacial score (nSPS) is 10.1. The summed E-state index contributed by atoms with van der Waals surface area (Å²) in [5.74, 6) is -1.22. The summed E-state index contributed by atoms with van der Waals surface area (Å²) in [7, 11) is 1.21. The molecule has 0 fully saturated rings. The Balaban J connectivity index is 2.51. The number of rotatable bonds is 2. The molecule has 2 rings (SSSR count). The van der Waals surface area contributed by atoms with E-state index in [4.69, 9.17) is 0 Å². The molecule has 0 saturated carbocycles. The number of nitrogens with zero attached hydrogens (tertiary/aromatic N) is 1. The summed E-state index contributed by atoms with van der Waals surface area (Å²) in [5, 5.41) is 0. The average molecular weight is 248 g/mol. The number of carbonyl (C=O) groups excluding carboxylic acids is 1. The number of benzene rings is 1. The number of methoxy groups -OCH3 is 1. The van der Waals surface area contributed by atoms with Gasteiger partial charge in [0, 0.05) is 11.8 Å². The predicted molar refractivity (Wildman–Crippen MR) is 61.6 cm³/mol. The summed E-state index contributed by atoms with van der Waals surface area (Å²) in [5.41, 5.74) is 0.467. The maximum atomic E-state index is 13.4. The van der Waals surface area contributed by atoms with Crippen LogP contribution in [0.1, 0.15) is 10.4 Å². The summed E-state index contributed by atoms with van der Waals surface area (Å²) in [4.78, 5) is 28.5. The third kappa shape index (κ3) is 2.42. The molecule has 0 unspecified atom stereocenters. The molecule has 0 atom stereocenters. The highest BCUT2D eigenvalue weighted by molar-refractivity contribution is 5.90. The Bertz CT molecular complexity index is 632. The minimum Gasteiger partial charge on any atom is -0.465 e. The summed E-state index contributed by atoms with van der Waals surface area (Å²) in [6.45, 7) is 0. The second-order valence-corrected chi connectivity index (χ2v) is 3.52. The fourth-order valence-electron chi connectivity index (χ4n) is 1.47. The molecular weight excluding hydrogens is 239 g/mol. The Morgan fingerprint density at radius 2 is 2.17 bits per heavy atom. The Labute approximate surface area is 101 Å². The fraction of sp³-hybridized carbons (Fsp3) is 0.0833. The number of aromatic nitrogens is 2. The van der Waals surface area contributed by atoms with Crippen LogP contribution in [0.3, 0.4) is 0 Å². The van der Waals surface area contributed by atoms with Gasteiger partial charge in [-0.05, 0) is 18.2 Å². The standard InChI is InChI=1S/C12H9FN2O3/c1-18-12(17)8-2-7(3-9(13)4-8)10-5-15-11(16)6-14-10/h2-6H,1H3,(H,15,16). The van der Waals surface area contributed by atoms with Gasteiger partial charge < -0.3 is 9.72 Å². The summed E-state index contributed by atoms with van der Waals surface area (Å²) in [6, 6.07) is 3.73. The first-order chi connectivity index (χ1) is 8.60. The van der Waals surface area contributed by atoms with E-state index in [2.05, 4.69) is 14.7 Å². The Morgan fingerprint density at radius 3 is 2.78 bits per heavy atom. The van der Waals surface area contributed by atoms with E-state index in [9.17, 15) is 14.0 Å². The molecule has 18 heavy (non-hydrogen) atoms. The van der Waals surface area contributed by atoms with Gasteiger partial charge in [-0.1, -0.05) is 0 Å². The molecule has 0 spiro atoms. The van der Waals surface area contributed by atoms with Gasteiger partial charge in [0.1, 0.15) is 5.82 Å². The van der Waals surface area contributed by atoms with Crippen molar-refractivity contribution in [3.05, 3.63) is 52.3 Å². The summed E-state index contributed by atoms with van der Waals surface area (Å²) < 4.78 is 17.9. The van der Waals surface area contributed by atoms with E-state index in [1.807, 2.05) is 0 Å². The minimum absolute atomic E-state index is 0.0838. The van der Waals surface area contributed by atoms with Crippen molar-refractivity contribution < 1.29 is 13.9 Å². The highest BCUT2D eigenvalue weighted by Crippen LogP contribution is 2.19. The molecule has 0 aliphatic heterocycles. The first kappa shape index (κ1) is 12.0. The largest absolute Gasteiger partial charge is 0.465 e. The molecule has 1 aromatic carbocycles. The van der Waals surface area contributed by atoms with Crippen LogP contribution in [0.4, 0.5) is 4.39 Å². The van der Waals surface area contributed by atoms with Crippen molar-refractivity contribution >= 4 is 5.97 Å². The van der Waals surface area contributed by atoms with E-state index in [1.54, 1.807) is 0 Å². The molecule has 92 valence electrons. The zero-order valence-corrected chi connectivity index (χ0v) is 9.44. The van der Waals surface area contributed by atoms with Gasteiger partial charge in [0.15, 0.2) is 0 Å². The molecule has 0 aliphatic rings. The topological polar surface area (TPSA) is 72.1 Å².